The number of hydrogen-bond donors (Lipinski definition) is 0. The number of carbonyl (C=O) groups excluding carboxylic acids is 3. The number of ether oxygens (including phenoxy) is 1. The molecule has 0 radical (unpaired) electrons. The average Bonchev–Trinajstić information content (AvgIpc) is 2.88. The van der Waals surface area contributed by atoms with Gasteiger partial charge in [0.25, 0.3) is 5.91 Å². The van der Waals surface area contributed by atoms with Gasteiger partial charge >= 0.3 is 5.97 Å². The zero-order valence-corrected chi connectivity index (χ0v) is 14.4. The van der Waals surface area contributed by atoms with Gasteiger partial charge in [0.15, 0.2) is 0 Å². The molecule has 5 nitrogen and oxygen atoms in total. The highest BCUT2D eigenvalue weighted by molar-refractivity contribution is 6.47. The van der Waals surface area contributed by atoms with E-state index in [4.69, 9.17) is 4.74 Å². The molecular weight excluding hydrogens is 337 g/mol. The van der Waals surface area contributed by atoms with Gasteiger partial charge in [-0.25, -0.2) is 4.39 Å². The van der Waals surface area contributed by atoms with Crippen LogP contribution in [-0.2, 0) is 19.1 Å². The summed E-state index contributed by atoms with van der Waals surface area (Å²) >= 11 is 0. The lowest BCUT2D eigenvalue weighted by molar-refractivity contribution is -0.152. The summed E-state index contributed by atoms with van der Waals surface area (Å²) in [7, 11) is 0. The second-order valence-corrected chi connectivity index (χ2v) is 6.10. The third-order valence-corrected chi connectivity index (χ3v) is 4.37. The van der Waals surface area contributed by atoms with Crippen LogP contribution in [0.2, 0.25) is 0 Å². The Balaban J connectivity index is 2.12. The van der Waals surface area contributed by atoms with Crippen LogP contribution in [0.1, 0.15) is 24.1 Å². The van der Waals surface area contributed by atoms with Crippen molar-refractivity contribution in [3.05, 3.63) is 65.5 Å². The molecule has 1 aliphatic rings. The normalized spacial score (nSPS) is 19.7. The first-order chi connectivity index (χ1) is 12.4. The minimum Gasteiger partial charge on any atom is -0.465 e. The molecule has 6 heteroatoms. The molecule has 3 rings (SSSR count). The van der Waals surface area contributed by atoms with E-state index >= 15 is 0 Å². The number of carbonyl (C=O) groups is 3. The van der Waals surface area contributed by atoms with Gasteiger partial charge in [-0.3, -0.25) is 19.3 Å². The summed E-state index contributed by atoms with van der Waals surface area (Å²) in [6.45, 7) is 3.63. The number of Topliss-reactive ketones (excluding diaryl/α,β-unsaturated/α-hetero) is 1. The first-order valence-corrected chi connectivity index (χ1v) is 8.30. The molecule has 0 unspecified atom stereocenters. The second-order valence-electron chi connectivity index (χ2n) is 6.10. The van der Waals surface area contributed by atoms with Crippen LogP contribution >= 0.6 is 0 Å². The molecular formula is C20H18FNO4. The quantitative estimate of drug-likeness (QED) is 0.481. The van der Waals surface area contributed by atoms with Crippen LogP contribution in [0.4, 0.5) is 10.1 Å². The van der Waals surface area contributed by atoms with E-state index in [9.17, 15) is 18.8 Å². The van der Waals surface area contributed by atoms with Crippen molar-refractivity contribution in [2.75, 3.05) is 11.5 Å². The molecule has 1 heterocycles. The highest BCUT2D eigenvalue weighted by Crippen LogP contribution is 2.40. The number of hydrogen-bond acceptors (Lipinski definition) is 4. The molecule has 0 saturated carbocycles. The first kappa shape index (κ1) is 17.8. The van der Waals surface area contributed by atoms with Crippen molar-refractivity contribution in [2.24, 2.45) is 5.92 Å². The fourth-order valence-corrected chi connectivity index (χ4v) is 3.12. The van der Waals surface area contributed by atoms with Crippen LogP contribution in [0.25, 0.3) is 0 Å². The Bertz CT molecular complexity index is 845. The smallest absolute Gasteiger partial charge is 0.319 e. The highest BCUT2D eigenvalue weighted by atomic mass is 19.1. The lowest BCUT2D eigenvalue weighted by Crippen LogP contribution is -2.31. The van der Waals surface area contributed by atoms with Crippen LogP contribution in [0, 0.1) is 18.7 Å². The summed E-state index contributed by atoms with van der Waals surface area (Å²) in [4.78, 5) is 38.9. The Kier molecular flexibility index (Phi) is 4.84. The molecule has 1 fully saturated rings. The molecule has 1 amide bonds. The Morgan fingerprint density at radius 3 is 2.27 bits per heavy atom. The Morgan fingerprint density at radius 2 is 1.69 bits per heavy atom. The molecule has 134 valence electrons. The summed E-state index contributed by atoms with van der Waals surface area (Å²) < 4.78 is 18.3. The van der Waals surface area contributed by atoms with Crippen molar-refractivity contribution >= 4 is 23.3 Å². The standard InChI is InChI=1S/C20H18FNO4/c1-3-26-20(25)16-17(13-6-8-14(21)9-7-13)22(19(24)18(16)23)15-10-4-12(2)5-11-15/h4-11,16-17H,3H2,1-2H3/t16-,17+/m1/s1. The topological polar surface area (TPSA) is 63.7 Å². The molecule has 1 saturated heterocycles. The zero-order valence-electron chi connectivity index (χ0n) is 14.4. The molecule has 2 aromatic rings. The van der Waals surface area contributed by atoms with Crippen LogP contribution in [0.3, 0.4) is 0 Å². The monoisotopic (exact) mass is 355 g/mol. The molecule has 0 bridgehead atoms. The molecule has 0 N–H and O–H groups in total. The zero-order chi connectivity index (χ0) is 18.8. The summed E-state index contributed by atoms with van der Waals surface area (Å²) in [5, 5.41) is 0. The largest absolute Gasteiger partial charge is 0.465 e. The van der Waals surface area contributed by atoms with Crippen molar-refractivity contribution in [1.29, 1.82) is 0 Å². The van der Waals surface area contributed by atoms with E-state index < -0.39 is 35.4 Å². The second kappa shape index (κ2) is 7.07. The van der Waals surface area contributed by atoms with Gasteiger partial charge in [0.05, 0.1) is 12.6 Å². The van der Waals surface area contributed by atoms with E-state index in [1.807, 2.05) is 19.1 Å². The van der Waals surface area contributed by atoms with Crippen molar-refractivity contribution in [2.45, 2.75) is 19.9 Å². The van der Waals surface area contributed by atoms with Gasteiger partial charge in [-0.1, -0.05) is 29.8 Å². The Morgan fingerprint density at radius 1 is 1.08 bits per heavy atom. The van der Waals surface area contributed by atoms with Crippen molar-refractivity contribution in [3.8, 4) is 0 Å². The fourth-order valence-electron chi connectivity index (χ4n) is 3.12. The van der Waals surface area contributed by atoms with Crippen molar-refractivity contribution in [1.82, 2.24) is 0 Å². The van der Waals surface area contributed by atoms with Crippen molar-refractivity contribution < 1.29 is 23.5 Å². The minimum atomic E-state index is -1.28. The van der Waals surface area contributed by atoms with E-state index in [0.29, 0.717) is 11.3 Å². The first-order valence-electron chi connectivity index (χ1n) is 8.30. The molecule has 2 atom stereocenters. The van der Waals surface area contributed by atoms with Crippen LogP contribution < -0.4 is 4.90 Å². The molecule has 0 aliphatic carbocycles. The van der Waals surface area contributed by atoms with Gasteiger partial charge in [0, 0.05) is 5.69 Å². The van der Waals surface area contributed by atoms with Gasteiger partial charge in [0.1, 0.15) is 11.7 Å². The lowest BCUT2D eigenvalue weighted by Gasteiger charge is -2.27. The number of amides is 1. The summed E-state index contributed by atoms with van der Waals surface area (Å²) in [6.07, 6.45) is 0. The van der Waals surface area contributed by atoms with Crippen LogP contribution in [-0.4, -0.2) is 24.3 Å². The Hall–Kier alpha value is -3.02. The highest BCUT2D eigenvalue weighted by Gasteiger charge is 2.53. The maximum atomic E-state index is 13.3. The van der Waals surface area contributed by atoms with Crippen molar-refractivity contribution in [3.63, 3.8) is 0 Å². The summed E-state index contributed by atoms with van der Waals surface area (Å²) in [5.74, 6) is -4.08. The fraction of sp³-hybridized carbons (Fsp3) is 0.250. The molecule has 0 spiro atoms. The third-order valence-electron chi connectivity index (χ3n) is 4.37. The minimum absolute atomic E-state index is 0.0947. The molecule has 2 aromatic carbocycles. The van der Waals surface area contributed by atoms with Crippen LogP contribution in [0.15, 0.2) is 48.5 Å². The number of nitrogens with zero attached hydrogens (tertiary/aromatic N) is 1. The maximum absolute atomic E-state index is 13.3. The molecule has 1 aliphatic heterocycles. The molecule has 0 aromatic heterocycles. The van der Waals surface area contributed by atoms with E-state index in [1.54, 1.807) is 19.1 Å². The third kappa shape index (κ3) is 3.10. The van der Waals surface area contributed by atoms with Gasteiger partial charge in [0.2, 0.25) is 5.78 Å². The maximum Gasteiger partial charge on any atom is 0.319 e. The SMILES string of the molecule is CCOC(=O)[C@H]1C(=O)C(=O)N(c2ccc(C)cc2)[C@H]1c1ccc(F)cc1. The predicted molar refractivity (Wildman–Crippen MR) is 92.9 cm³/mol. The number of esters is 1. The average molecular weight is 355 g/mol. The lowest BCUT2D eigenvalue weighted by atomic mass is 9.92. The summed E-state index contributed by atoms with van der Waals surface area (Å²) in [5.41, 5.74) is 1.98. The van der Waals surface area contributed by atoms with Gasteiger partial charge in [-0.15, -0.1) is 0 Å². The number of anilines is 1. The van der Waals surface area contributed by atoms with E-state index in [0.717, 1.165) is 5.56 Å². The molecule has 26 heavy (non-hydrogen) atoms. The number of benzene rings is 2. The van der Waals surface area contributed by atoms with Gasteiger partial charge < -0.3 is 4.74 Å². The number of ketones is 1. The van der Waals surface area contributed by atoms with E-state index in [1.165, 1.54) is 29.2 Å². The number of halogens is 1. The predicted octanol–water partition coefficient (Wildman–Crippen LogP) is 2.97. The van der Waals surface area contributed by atoms with Crippen LogP contribution in [0.5, 0.6) is 0 Å². The number of aryl methyl sites for hydroxylation is 1. The summed E-state index contributed by atoms with van der Waals surface area (Å²) in [6, 6.07) is 11.6. The van der Waals surface area contributed by atoms with E-state index in [2.05, 4.69) is 0 Å². The Labute approximate surface area is 150 Å². The van der Waals surface area contributed by atoms with E-state index in [-0.39, 0.29) is 6.61 Å². The number of rotatable bonds is 4. The van der Waals surface area contributed by atoms with Gasteiger partial charge in [-0.05, 0) is 43.7 Å². The van der Waals surface area contributed by atoms with Gasteiger partial charge in [-0.2, -0.15) is 0 Å².